The monoisotopic (exact) mass is 264 g/mol. The summed E-state index contributed by atoms with van der Waals surface area (Å²) in [5, 5.41) is 6.95. The number of hydrogen-bond acceptors (Lipinski definition) is 5. The molecule has 7 nitrogen and oxygen atoms in total. The summed E-state index contributed by atoms with van der Waals surface area (Å²) in [6.07, 6.45) is 4.72. The van der Waals surface area contributed by atoms with Crippen LogP contribution in [0.4, 0.5) is 0 Å². The highest BCUT2D eigenvalue weighted by atomic mass is 16.1. The largest absolute Gasteiger partial charge is 0.306 e. The molecule has 1 aromatic carbocycles. The van der Waals surface area contributed by atoms with E-state index in [1.165, 1.54) is 6.20 Å². The standard InChI is InChI=1S/C13H8N6O/c20-13-8-6-16-19-12(8)17-11(18-13)7-1-2-9-10(5-7)15-4-3-14-9/h1-6H,(H2,16,17,18,19,20). The maximum atomic E-state index is 11.9. The molecule has 0 spiro atoms. The molecule has 0 radical (unpaired) electrons. The number of H-pyrrole nitrogens is 2. The Balaban J connectivity index is 1.98. The van der Waals surface area contributed by atoms with Gasteiger partial charge in [-0.3, -0.25) is 19.9 Å². The predicted octanol–water partition coefficient (Wildman–Crippen LogP) is 1.26. The SMILES string of the molecule is O=c1[nH]c(-c2ccc3nccnc3c2)nc2[nH]ncc12. The lowest BCUT2D eigenvalue weighted by molar-refractivity contribution is 1.09. The number of aromatic nitrogens is 6. The molecule has 0 amide bonds. The van der Waals surface area contributed by atoms with E-state index in [1.807, 2.05) is 18.2 Å². The second-order valence-electron chi connectivity index (χ2n) is 4.31. The zero-order valence-electron chi connectivity index (χ0n) is 10.2. The highest BCUT2D eigenvalue weighted by Gasteiger charge is 2.08. The molecule has 0 saturated heterocycles. The Morgan fingerprint density at radius 1 is 1.05 bits per heavy atom. The molecule has 0 fully saturated rings. The number of fused-ring (bicyclic) bond motifs is 2. The number of nitrogens with zero attached hydrogens (tertiary/aromatic N) is 4. The van der Waals surface area contributed by atoms with Gasteiger partial charge in [-0.2, -0.15) is 5.10 Å². The van der Waals surface area contributed by atoms with E-state index in [-0.39, 0.29) is 5.56 Å². The van der Waals surface area contributed by atoms with Crippen molar-refractivity contribution in [1.82, 2.24) is 30.1 Å². The van der Waals surface area contributed by atoms with Gasteiger partial charge in [0.05, 0.1) is 17.2 Å². The van der Waals surface area contributed by atoms with Gasteiger partial charge in [0.1, 0.15) is 11.2 Å². The van der Waals surface area contributed by atoms with Gasteiger partial charge in [0.25, 0.3) is 5.56 Å². The number of benzene rings is 1. The summed E-state index contributed by atoms with van der Waals surface area (Å²) in [4.78, 5) is 27.5. The van der Waals surface area contributed by atoms with Crippen molar-refractivity contribution in [2.24, 2.45) is 0 Å². The van der Waals surface area contributed by atoms with Crippen LogP contribution < -0.4 is 5.56 Å². The molecule has 0 aliphatic rings. The van der Waals surface area contributed by atoms with Crippen LogP contribution in [0.15, 0.2) is 41.6 Å². The summed E-state index contributed by atoms with van der Waals surface area (Å²) >= 11 is 0. The highest BCUT2D eigenvalue weighted by molar-refractivity contribution is 5.81. The van der Waals surface area contributed by atoms with E-state index in [2.05, 4.69) is 30.1 Å². The maximum absolute atomic E-state index is 11.9. The lowest BCUT2D eigenvalue weighted by Crippen LogP contribution is -2.08. The summed E-state index contributed by atoms with van der Waals surface area (Å²) in [6, 6.07) is 5.52. The number of nitrogens with one attached hydrogen (secondary N) is 2. The Labute approximate surface area is 111 Å². The van der Waals surface area contributed by atoms with E-state index in [1.54, 1.807) is 12.4 Å². The Hall–Kier alpha value is -3.09. The Kier molecular flexibility index (Phi) is 2.13. The molecule has 4 aromatic rings. The van der Waals surface area contributed by atoms with Gasteiger partial charge in [-0.25, -0.2) is 4.98 Å². The first-order chi connectivity index (χ1) is 9.81. The van der Waals surface area contributed by atoms with E-state index in [0.29, 0.717) is 16.9 Å². The minimum absolute atomic E-state index is 0.224. The van der Waals surface area contributed by atoms with E-state index in [9.17, 15) is 4.79 Å². The van der Waals surface area contributed by atoms with Crippen LogP contribution >= 0.6 is 0 Å². The molecule has 0 aliphatic carbocycles. The number of aromatic amines is 2. The van der Waals surface area contributed by atoms with Crippen LogP contribution in [0.1, 0.15) is 0 Å². The fraction of sp³-hybridized carbons (Fsp3) is 0. The molecule has 7 heteroatoms. The fourth-order valence-electron chi connectivity index (χ4n) is 2.09. The second kappa shape index (κ2) is 3.95. The fourth-order valence-corrected chi connectivity index (χ4v) is 2.09. The van der Waals surface area contributed by atoms with Crippen molar-refractivity contribution in [2.75, 3.05) is 0 Å². The Morgan fingerprint density at radius 2 is 1.90 bits per heavy atom. The quantitative estimate of drug-likeness (QED) is 0.539. The lowest BCUT2D eigenvalue weighted by atomic mass is 10.2. The molecular formula is C13H8N6O. The van der Waals surface area contributed by atoms with Crippen LogP contribution in [0, 0.1) is 0 Å². The van der Waals surface area contributed by atoms with Gasteiger partial charge in [0.2, 0.25) is 0 Å². The zero-order valence-corrected chi connectivity index (χ0v) is 10.2. The van der Waals surface area contributed by atoms with Gasteiger partial charge in [-0.1, -0.05) is 0 Å². The van der Waals surface area contributed by atoms with Crippen LogP contribution in [-0.2, 0) is 0 Å². The summed E-state index contributed by atoms with van der Waals surface area (Å²) < 4.78 is 0. The zero-order chi connectivity index (χ0) is 13.5. The molecule has 0 unspecified atom stereocenters. The van der Waals surface area contributed by atoms with Crippen molar-refractivity contribution in [1.29, 1.82) is 0 Å². The highest BCUT2D eigenvalue weighted by Crippen LogP contribution is 2.19. The third-order valence-corrected chi connectivity index (χ3v) is 3.06. The normalized spacial score (nSPS) is 11.2. The third kappa shape index (κ3) is 1.57. The van der Waals surface area contributed by atoms with Gasteiger partial charge >= 0.3 is 0 Å². The molecule has 0 bridgehead atoms. The number of rotatable bonds is 1. The lowest BCUT2D eigenvalue weighted by Gasteiger charge is -2.02. The molecule has 0 saturated carbocycles. The smallest absolute Gasteiger partial charge is 0.262 e. The average molecular weight is 264 g/mol. The van der Waals surface area contributed by atoms with Crippen molar-refractivity contribution in [3.8, 4) is 11.4 Å². The maximum Gasteiger partial charge on any atom is 0.262 e. The average Bonchev–Trinajstić information content (AvgIpc) is 2.96. The first-order valence-corrected chi connectivity index (χ1v) is 5.96. The second-order valence-corrected chi connectivity index (χ2v) is 4.31. The molecule has 20 heavy (non-hydrogen) atoms. The Morgan fingerprint density at radius 3 is 2.80 bits per heavy atom. The van der Waals surface area contributed by atoms with Gasteiger partial charge in [0, 0.05) is 18.0 Å². The molecular weight excluding hydrogens is 256 g/mol. The molecule has 3 aromatic heterocycles. The van der Waals surface area contributed by atoms with E-state index in [4.69, 9.17) is 0 Å². The van der Waals surface area contributed by atoms with E-state index >= 15 is 0 Å². The van der Waals surface area contributed by atoms with Gasteiger partial charge in [0.15, 0.2) is 5.65 Å². The minimum atomic E-state index is -0.224. The third-order valence-electron chi connectivity index (χ3n) is 3.06. The summed E-state index contributed by atoms with van der Waals surface area (Å²) in [5.41, 5.74) is 2.55. The first kappa shape index (κ1) is 10.8. The van der Waals surface area contributed by atoms with Crippen LogP contribution in [0.5, 0.6) is 0 Å². The first-order valence-electron chi connectivity index (χ1n) is 5.96. The Bertz CT molecular complexity index is 987. The van der Waals surface area contributed by atoms with Crippen molar-refractivity contribution >= 4 is 22.1 Å². The van der Waals surface area contributed by atoms with Crippen LogP contribution in [0.2, 0.25) is 0 Å². The van der Waals surface area contributed by atoms with Crippen molar-refractivity contribution in [2.45, 2.75) is 0 Å². The van der Waals surface area contributed by atoms with Crippen molar-refractivity contribution in [3.05, 3.63) is 47.1 Å². The summed E-state index contributed by atoms with van der Waals surface area (Å²) in [7, 11) is 0. The molecule has 0 atom stereocenters. The van der Waals surface area contributed by atoms with Gasteiger partial charge < -0.3 is 4.98 Å². The van der Waals surface area contributed by atoms with Gasteiger partial charge in [-0.15, -0.1) is 0 Å². The van der Waals surface area contributed by atoms with E-state index in [0.717, 1.165) is 16.6 Å². The summed E-state index contributed by atoms with van der Waals surface area (Å²) in [5.74, 6) is 0.472. The minimum Gasteiger partial charge on any atom is -0.306 e. The molecule has 3 heterocycles. The molecule has 0 aliphatic heterocycles. The predicted molar refractivity (Wildman–Crippen MR) is 73.0 cm³/mol. The van der Waals surface area contributed by atoms with Crippen molar-refractivity contribution in [3.63, 3.8) is 0 Å². The molecule has 4 rings (SSSR count). The summed E-state index contributed by atoms with van der Waals surface area (Å²) in [6.45, 7) is 0. The molecule has 2 N–H and O–H groups in total. The van der Waals surface area contributed by atoms with E-state index < -0.39 is 0 Å². The molecule has 96 valence electrons. The van der Waals surface area contributed by atoms with Crippen LogP contribution in [-0.4, -0.2) is 30.1 Å². The van der Waals surface area contributed by atoms with Crippen LogP contribution in [0.3, 0.4) is 0 Å². The number of hydrogen-bond donors (Lipinski definition) is 2. The van der Waals surface area contributed by atoms with Gasteiger partial charge in [-0.05, 0) is 18.2 Å². The van der Waals surface area contributed by atoms with Crippen molar-refractivity contribution < 1.29 is 0 Å². The topological polar surface area (TPSA) is 100 Å². The van der Waals surface area contributed by atoms with Crippen LogP contribution in [0.25, 0.3) is 33.5 Å².